The molecule has 7 heteroatoms. The third-order valence-electron chi connectivity index (χ3n) is 3.90. The van der Waals surface area contributed by atoms with Crippen LogP contribution in [0.3, 0.4) is 0 Å². The standard InChI is InChI=1S/C20H16N4O3/c1-27-16-8-6-14(7-9-16)18-10-20(26)24(13-22-18)12-19(25)23-17-5-3-2-4-15(17)11-21/h2-10,13H,12H2,1H3,(H,23,25). The first-order valence-electron chi connectivity index (χ1n) is 8.10. The third-order valence-corrected chi connectivity index (χ3v) is 3.90. The van der Waals surface area contributed by atoms with Gasteiger partial charge in [0.2, 0.25) is 5.91 Å². The van der Waals surface area contributed by atoms with Crippen molar-refractivity contribution in [3.05, 3.63) is 76.8 Å². The normalized spacial score (nSPS) is 10.1. The summed E-state index contributed by atoms with van der Waals surface area (Å²) in [6, 6.07) is 17.2. The first-order chi connectivity index (χ1) is 13.1. The van der Waals surface area contributed by atoms with Crippen LogP contribution < -0.4 is 15.6 Å². The molecule has 1 heterocycles. The molecule has 3 rings (SSSR count). The number of aromatic nitrogens is 2. The van der Waals surface area contributed by atoms with Crippen LogP contribution in [0.4, 0.5) is 5.69 Å². The molecule has 0 spiro atoms. The van der Waals surface area contributed by atoms with Gasteiger partial charge in [-0.2, -0.15) is 5.26 Å². The molecule has 3 aromatic rings. The van der Waals surface area contributed by atoms with Crippen molar-refractivity contribution in [1.29, 1.82) is 5.26 Å². The van der Waals surface area contributed by atoms with E-state index in [4.69, 9.17) is 10.00 Å². The summed E-state index contributed by atoms with van der Waals surface area (Å²) in [5.41, 5.74) is 1.69. The number of methoxy groups -OCH3 is 1. The maximum absolute atomic E-state index is 12.3. The first-order valence-corrected chi connectivity index (χ1v) is 8.10. The zero-order chi connectivity index (χ0) is 19.2. The Balaban J connectivity index is 1.75. The second-order valence-electron chi connectivity index (χ2n) is 5.67. The lowest BCUT2D eigenvalue weighted by atomic mass is 10.1. The van der Waals surface area contributed by atoms with Gasteiger partial charge in [0.25, 0.3) is 5.56 Å². The predicted octanol–water partition coefficient (Wildman–Crippen LogP) is 2.43. The van der Waals surface area contributed by atoms with Crippen molar-refractivity contribution in [3.63, 3.8) is 0 Å². The molecule has 0 saturated heterocycles. The summed E-state index contributed by atoms with van der Waals surface area (Å²) in [4.78, 5) is 28.8. The van der Waals surface area contributed by atoms with E-state index < -0.39 is 5.91 Å². The van der Waals surface area contributed by atoms with Crippen molar-refractivity contribution >= 4 is 11.6 Å². The number of hydrogen-bond donors (Lipinski definition) is 1. The molecule has 0 fully saturated rings. The fourth-order valence-corrected chi connectivity index (χ4v) is 2.50. The molecule has 0 aliphatic carbocycles. The number of carbonyl (C=O) groups is 1. The van der Waals surface area contributed by atoms with E-state index >= 15 is 0 Å². The van der Waals surface area contributed by atoms with Crippen LogP contribution >= 0.6 is 0 Å². The molecule has 0 saturated carbocycles. The fraction of sp³-hybridized carbons (Fsp3) is 0.100. The van der Waals surface area contributed by atoms with E-state index in [2.05, 4.69) is 10.3 Å². The van der Waals surface area contributed by atoms with E-state index in [1.54, 1.807) is 55.6 Å². The third kappa shape index (κ3) is 4.19. The second-order valence-corrected chi connectivity index (χ2v) is 5.67. The Morgan fingerprint density at radius 1 is 1.22 bits per heavy atom. The van der Waals surface area contributed by atoms with E-state index in [0.29, 0.717) is 22.7 Å². The highest BCUT2D eigenvalue weighted by Crippen LogP contribution is 2.19. The number of benzene rings is 2. The van der Waals surface area contributed by atoms with Gasteiger partial charge in [0.05, 0.1) is 30.4 Å². The topological polar surface area (TPSA) is 97.0 Å². The van der Waals surface area contributed by atoms with Crippen LogP contribution in [-0.2, 0) is 11.3 Å². The van der Waals surface area contributed by atoms with E-state index in [1.165, 1.54) is 17.0 Å². The van der Waals surface area contributed by atoms with Crippen LogP contribution in [0.1, 0.15) is 5.56 Å². The molecule has 1 amide bonds. The smallest absolute Gasteiger partial charge is 0.254 e. The maximum Gasteiger partial charge on any atom is 0.254 e. The summed E-state index contributed by atoms with van der Waals surface area (Å²) in [7, 11) is 1.58. The zero-order valence-electron chi connectivity index (χ0n) is 14.5. The average Bonchev–Trinajstić information content (AvgIpc) is 2.70. The van der Waals surface area contributed by atoms with Crippen molar-refractivity contribution < 1.29 is 9.53 Å². The minimum Gasteiger partial charge on any atom is -0.497 e. The summed E-state index contributed by atoms with van der Waals surface area (Å²) in [6.07, 6.45) is 1.33. The number of nitrogens with one attached hydrogen (secondary N) is 1. The number of rotatable bonds is 5. The molecule has 1 aromatic heterocycles. The first kappa shape index (κ1) is 17.9. The van der Waals surface area contributed by atoms with E-state index in [9.17, 15) is 9.59 Å². The molecule has 0 atom stereocenters. The molecule has 0 aliphatic heterocycles. The number of ether oxygens (including phenoxy) is 1. The van der Waals surface area contributed by atoms with Gasteiger partial charge < -0.3 is 10.1 Å². The van der Waals surface area contributed by atoms with Crippen molar-refractivity contribution in [2.45, 2.75) is 6.54 Å². The second kappa shape index (κ2) is 7.97. The molecule has 0 radical (unpaired) electrons. The van der Waals surface area contributed by atoms with Gasteiger partial charge in [0.15, 0.2) is 0 Å². The average molecular weight is 360 g/mol. The number of amides is 1. The molecule has 1 N–H and O–H groups in total. The highest BCUT2D eigenvalue weighted by Gasteiger charge is 2.09. The quantitative estimate of drug-likeness (QED) is 0.754. The zero-order valence-corrected chi connectivity index (χ0v) is 14.5. The Hall–Kier alpha value is -3.92. The number of anilines is 1. The van der Waals surface area contributed by atoms with Crippen LogP contribution in [0.5, 0.6) is 5.75 Å². The predicted molar refractivity (Wildman–Crippen MR) is 100 cm³/mol. The molecule has 134 valence electrons. The van der Waals surface area contributed by atoms with Crippen LogP contribution in [0, 0.1) is 11.3 Å². The molecule has 0 aliphatic rings. The van der Waals surface area contributed by atoms with Gasteiger partial charge in [0, 0.05) is 11.6 Å². The Bertz CT molecular complexity index is 1070. The SMILES string of the molecule is COc1ccc(-c2cc(=O)n(CC(=O)Nc3ccccc3C#N)cn2)cc1. The van der Waals surface area contributed by atoms with E-state index in [-0.39, 0.29) is 12.1 Å². The number of carbonyl (C=O) groups excluding carboxylic acids is 1. The Labute approximate surface area is 155 Å². The van der Waals surface area contributed by atoms with Gasteiger partial charge in [-0.25, -0.2) is 4.98 Å². The number of hydrogen-bond acceptors (Lipinski definition) is 5. The molecular weight excluding hydrogens is 344 g/mol. The van der Waals surface area contributed by atoms with Gasteiger partial charge in [-0.15, -0.1) is 0 Å². The largest absolute Gasteiger partial charge is 0.497 e. The molecular formula is C20H16N4O3. The Kier molecular flexibility index (Phi) is 5.28. The summed E-state index contributed by atoms with van der Waals surface area (Å²) in [5, 5.41) is 11.7. The minimum atomic E-state index is -0.418. The van der Waals surface area contributed by atoms with Crippen molar-refractivity contribution in [2.75, 3.05) is 12.4 Å². The van der Waals surface area contributed by atoms with Crippen molar-refractivity contribution in [1.82, 2.24) is 9.55 Å². The molecule has 2 aromatic carbocycles. The summed E-state index contributed by atoms with van der Waals surface area (Å²) in [5.74, 6) is 0.292. The summed E-state index contributed by atoms with van der Waals surface area (Å²) < 4.78 is 6.31. The van der Waals surface area contributed by atoms with E-state index in [1.807, 2.05) is 6.07 Å². The Morgan fingerprint density at radius 2 is 1.96 bits per heavy atom. The van der Waals surface area contributed by atoms with Crippen LogP contribution in [0.25, 0.3) is 11.3 Å². The lowest BCUT2D eigenvalue weighted by Crippen LogP contribution is -2.27. The van der Waals surface area contributed by atoms with Crippen LogP contribution in [-0.4, -0.2) is 22.6 Å². The summed E-state index contributed by atoms with van der Waals surface area (Å²) in [6.45, 7) is -0.200. The van der Waals surface area contributed by atoms with Gasteiger partial charge in [-0.3, -0.25) is 14.2 Å². The molecule has 7 nitrogen and oxygen atoms in total. The van der Waals surface area contributed by atoms with Gasteiger partial charge in [0.1, 0.15) is 18.4 Å². The van der Waals surface area contributed by atoms with Crippen molar-refractivity contribution in [3.8, 4) is 23.1 Å². The van der Waals surface area contributed by atoms with Gasteiger partial charge in [-0.1, -0.05) is 12.1 Å². The van der Waals surface area contributed by atoms with Crippen LogP contribution in [0.15, 0.2) is 65.7 Å². The van der Waals surface area contributed by atoms with E-state index in [0.717, 1.165) is 5.56 Å². The maximum atomic E-state index is 12.3. The minimum absolute atomic E-state index is 0.200. The molecule has 0 unspecified atom stereocenters. The highest BCUT2D eigenvalue weighted by atomic mass is 16.5. The van der Waals surface area contributed by atoms with Crippen molar-refractivity contribution in [2.24, 2.45) is 0 Å². The number of nitrogens with zero attached hydrogens (tertiary/aromatic N) is 3. The van der Waals surface area contributed by atoms with Crippen LogP contribution in [0.2, 0.25) is 0 Å². The number of para-hydroxylation sites is 1. The lowest BCUT2D eigenvalue weighted by Gasteiger charge is -2.09. The van der Waals surface area contributed by atoms with Gasteiger partial charge in [-0.05, 0) is 36.4 Å². The summed E-state index contributed by atoms with van der Waals surface area (Å²) >= 11 is 0. The monoisotopic (exact) mass is 360 g/mol. The highest BCUT2D eigenvalue weighted by molar-refractivity contribution is 5.91. The molecule has 0 bridgehead atoms. The fourth-order valence-electron chi connectivity index (χ4n) is 2.50. The van der Waals surface area contributed by atoms with Gasteiger partial charge >= 0.3 is 0 Å². The lowest BCUT2D eigenvalue weighted by molar-refractivity contribution is -0.116. The number of nitriles is 1. The molecule has 27 heavy (non-hydrogen) atoms. The Morgan fingerprint density at radius 3 is 2.63 bits per heavy atom.